The quantitative estimate of drug-likeness (QED) is 0.147. The minimum absolute atomic E-state index is 0.0353. The number of halogens is 2. The fourth-order valence-corrected chi connectivity index (χ4v) is 5.71. The van der Waals surface area contributed by atoms with Crippen LogP contribution in [0.15, 0.2) is 106 Å². The van der Waals surface area contributed by atoms with Crippen LogP contribution < -0.4 is 0 Å². The van der Waals surface area contributed by atoms with E-state index in [2.05, 4.69) is 31.9 Å². The van der Waals surface area contributed by atoms with E-state index in [-0.39, 0.29) is 21.9 Å². The number of nitro groups is 2. The van der Waals surface area contributed by atoms with Crippen molar-refractivity contribution in [2.75, 3.05) is 0 Å². The second-order valence-electron chi connectivity index (χ2n) is 7.70. The van der Waals surface area contributed by atoms with Gasteiger partial charge in [-0.2, -0.15) is 0 Å². The molecule has 2 atom stereocenters. The summed E-state index contributed by atoms with van der Waals surface area (Å²) in [5.74, 6) is 0. The third-order valence-corrected chi connectivity index (χ3v) is 8.12. The van der Waals surface area contributed by atoms with Gasteiger partial charge in [-0.05, 0) is 46.5 Å². The Kier molecular flexibility index (Phi) is 8.00. The SMILES string of the molecule is O=[N+]([O-])c1ccc(C(SC(c2ccc(Br)cc2)c2ccc([N+](=O)[O-])cc2)c2ccc(Br)cc2)cc1. The molecule has 0 spiro atoms. The van der Waals surface area contributed by atoms with Crippen LogP contribution in [0.5, 0.6) is 0 Å². The maximum Gasteiger partial charge on any atom is 0.269 e. The average molecular weight is 614 g/mol. The van der Waals surface area contributed by atoms with Crippen molar-refractivity contribution in [2.45, 2.75) is 10.5 Å². The fraction of sp³-hybridized carbons (Fsp3) is 0.0769. The van der Waals surface area contributed by atoms with Gasteiger partial charge in [0.05, 0.1) is 20.3 Å². The predicted molar refractivity (Wildman–Crippen MR) is 146 cm³/mol. The summed E-state index contributed by atoms with van der Waals surface area (Å²) in [5.41, 5.74) is 3.99. The molecule has 9 heteroatoms. The van der Waals surface area contributed by atoms with E-state index in [0.717, 1.165) is 31.2 Å². The van der Waals surface area contributed by atoms with Crippen LogP contribution in [0.25, 0.3) is 0 Å². The van der Waals surface area contributed by atoms with Gasteiger partial charge in [0.25, 0.3) is 11.4 Å². The Bertz CT molecular complexity index is 1230. The minimum atomic E-state index is -0.410. The van der Waals surface area contributed by atoms with Crippen LogP contribution in [0.3, 0.4) is 0 Å². The number of hydrogen-bond donors (Lipinski definition) is 0. The highest BCUT2D eigenvalue weighted by Gasteiger charge is 2.25. The van der Waals surface area contributed by atoms with Gasteiger partial charge in [0.1, 0.15) is 0 Å². The Morgan fingerprint density at radius 2 is 0.771 bits per heavy atom. The normalized spacial score (nSPS) is 12.6. The largest absolute Gasteiger partial charge is 0.269 e. The van der Waals surface area contributed by atoms with Crippen LogP contribution in [0.2, 0.25) is 0 Å². The van der Waals surface area contributed by atoms with Crippen LogP contribution in [-0.4, -0.2) is 9.85 Å². The highest BCUT2D eigenvalue weighted by molar-refractivity contribution is 9.10. The van der Waals surface area contributed by atoms with Crippen LogP contribution in [0.1, 0.15) is 32.8 Å². The smallest absolute Gasteiger partial charge is 0.258 e. The Morgan fingerprint density at radius 3 is 1.03 bits per heavy atom. The number of hydrogen-bond acceptors (Lipinski definition) is 5. The van der Waals surface area contributed by atoms with Gasteiger partial charge in [-0.25, -0.2) is 0 Å². The van der Waals surface area contributed by atoms with Crippen molar-refractivity contribution in [3.05, 3.63) is 148 Å². The predicted octanol–water partition coefficient (Wildman–Crippen LogP) is 8.64. The number of nitro benzene ring substituents is 2. The van der Waals surface area contributed by atoms with Crippen molar-refractivity contribution in [1.29, 1.82) is 0 Å². The number of rotatable bonds is 8. The maximum absolute atomic E-state index is 11.2. The lowest BCUT2D eigenvalue weighted by molar-refractivity contribution is -0.385. The third kappa shape index (κ3) is 6.17. The van der Waals surface area contributed by atoms with Gasteiger partial charge >= 0.3 is 0 Å². The van der Waals surface area contributed by atoms with Gasteiger partial charge in [-0.3, -0.25) is 20.2 Å². The first-order chi connectivity index (χ1) is 16.8. The molecule has 6 nitrogen and oxygen atoms in total. The monoisotopic (exact) mass is 612 g/mol. The lowest BCUT2D eigenvalue weighted by Crippen LogP contribution is -2.04. The van der Waals surface area contributed by atoms with Gasteiger partial charge in [0.2, 0.25) is 0 Å². The molecule has 0 aliphatic heterocycles. The van der Waals surface area contributed by atoms with Gasteiger partial charge in [-0.15, -0.1) is 11.8 Å². The molecule has 0 aliphatic rings. The first-order valence-electron chi connectivity index (χ1n) is 10.5. The average Bonchev–Trinajstić information content (AvgIpc) is 2.86. The van der Waals surface area contributed by atoms with Crippen molar-refractivity contribution >= 4 is 55.0 Å². The lowest BCUT2D eigenvalue weighted by Gasteiger charge is -2.25. The summed E-state index contributed by atoms with van der Waals surface area (Å²) in [5, 5.41) is 22.1. The number of thioether (sulfide) groups is 1. The molecule has 0 bridgehead atoms. The maximum atomic E-state index is 11.2. The van der Waals surface area contributed by atoms with Crippen LogP contribution in [0, 0.1) is 20.2 Å². The van der Waals surface area contributed by atoms with Crippen molar-refractivity contribution in [2.24, 2.45) is 0 Å². The first kappa shape index (κ1) is 25.1. The Morgan fingerprint density at radius 1 is 0.514 bits per heavy atom. The molecule has 4 aromatic rings. The second kappa shape index (κ2) is 11.2. The molecule has 0 radical (unpaired) electrons. The molecule has 0 saturated heterocycles. The molecule has 0 saturated carbocycles. The standard InChI is InChI=1S/C26H18Br2N2O4S/c27-21-9-1-17(2-10-21)25(19-5-13-23(14-6-19)29(31)32)35-26(18-3-11-22(28)12-4-18)20-7-15-24(16-8-20)30(33)34/h1-16,25-26H. The van der Waals surface area contributed by atoms with E-state index in [4.69, 9.17) is 0 Å². The van der Waals surface area contributed by atoms with Crippen LogP contribution >= 0.6 is 43.6 Å². The molecule has 0 aliphatic carbocycles. The highest BCUT2D eigenvalue weighted by atomic mass is 79.9. The van der Waals surface area contributed by atoms with Crippen molar-refractivity contribution in [3.63, 3.8) is 0 Å². The molecule has 176 valence electrons. The molecule has 35 heavy (non-hydrogen) atoms. The zero-order chi connectivity index (χ0) is 24.9. The molecule has 0 amide bonds. The zero-order valence-electron chi connectivity index (χ0n) is 18.1. The highest BCUT2D eigenvalue weighted by Crippen LogP contribution is 2.48. The molecular formula is C26H18Br2N2O4S. The van der Waals surface area contributed by atoms with Gasteiger partial charge in [0.15, 0.2) is 0 Å². The minimum Gasteiger partial charge on any atom is -0.258 e. The fourth-order valence-electron chi connectivity index (χ4n) is 3.65. The summed E-state index contributed by atoms with van der Waals surface area (Å²) >= 11 is 8.64. The Balaban J connectivity index is 1.79. The summed E-state index contributed by atoms with van der Waals surface area (Å²) in [7, 11) is 0. The van der Waals surface area contributed by atoms with E-state index in [1.165, 1.54) is 24.3 Å². The zero-order valence-corrected chi connectivity index (χ0v) is 22.1. The molecule has 0 N–H and O–H groups in total. The lowest BCUT2D eigenvalue weighted by atomic mass is 10.0. The Hall–Kier alpha value is -3.01. The van der Waals surface area contributed by atoms with E-state index in [0.29, 0.717) is 0 Å². The molecule has 4 rings (SSSR count). The van der Waals surface area contributed by atoms with Gasteiger partial charge in [-0.1, -0.05) is 80.4 Å². The van der Waals surface area contributed by atoms with E-state index in [9.17, 15) is 20.2 Å². The molecule has 2 unspecified atom stereocenters. The van der Waals surface area contributed by atoms with Crippen LogP contribution in [-0.2, 0) is 0 Å². The molecule has 0 heterocycles. The van der Waals surface area contributed by atoms with Crippen molar-refractivity contribution in [3.8, 4) is 0 Å². The number of nitrogens with zero attached hydrogens (tertiary/aromatic N) is 2. The molecule has 0 fully saturated rings. The molecule has 0 aromatic heterocycles. The summed E-state index contributed by atoms with van der Waals surface area (Å²) in [6.45, 7) is 0. The van der Waals surface area contributed by atoms with E-state index in [1.54, 1.807) is 36.0 Å². The number of benzene rings is 4. The van der Waals surface area contributed by atoms with Crippen molar-refractivity contribution < 1.29 is 9.85 Å². The third-order valence-electron chi connectivity index (χ3n) is 5.43. The van der Waals surface area contributed by atoms with E-state index < -0.39 is 9.85 Å². The first-order valence-corrected chi connectivity index (χ1v) is 13.0. The molecule has 4 aromatic carbocycles. The van der Waals surface area contributed by atoms with Gasteiger partial charge < -0.3 is 0 Å². The Labute approximate surface area is 222 Å². The van der Waals surface area contributed by atoms with Crippen LogP contribution in [0.4, 0.5) is 11.4 Å². The van der Waals surface area contributed by atoms with E-state index in [1.807, 2.05) is 48.5 Å². The molecular weight excluding hydrogens is 596 g/mol. The number of non-ortho nitro benzene ring substituents is 2. The topological polar surface area (TPSA) is 86.3 Å². The summed E-state index contributed by atoms with van der Waals surface area (Å²) < 4.78 is 1.90. The summed E-state index contributed by atoms with van der Waals surface area (Å²) in [6, 6.07) is 29.2. The van der Waals surface area contributed by atoms with Crippen molar-refractivity contribution in [1.82, 2.24) is 0 Å². The summed E-state index contributed by atoms with van der Waals surface area (Å²) in [4.78, 5) is 21.5. The summed E-state index contributed by atoms with van der Waals surface area (Å²) in [6.07, 6.45) is 0. The van der Waals surface area contributed by atoms with E-state index >= 15 is 0 Å². The van der Waals surface area contributed by atoms with Gasteiger partial charge in [0, 0.05) is 33.2 Å². The second-order valence-corrected chi connectivity index (χ2v) is 10.7.